The second-order valence-corrected chi connectivity index (χ2v) is 4.13. The Bertz CT molecular complexity index is 365. The van der Waals surface area contributed by atoms with E-state index < -0.39 is 18.6 Å². The second-order valence-electron chi connectivity index (χ2n) is 4.13. The van der Waals surface area contributed by atoms with Gasteiger partial charge in [-0.3, -0.25) is 0 Å². The van der Waals surface area contributed by atoms with Crippen LogP contribution >= 0.6 is 0 Å². The molecule has 1 aromatic carbocycles. The molecule has 0 spiro atoms. The molecule has 0 radical (unpaired) electrons. The molecule has 0 saturated carbocycles. The van der Waals surface area contributed by atoms with Gasteiger partial charge in [0.05, 0.1) is 13.5 Å². The minimum Gasteiger partial charge on any atom is -0.497 e. The number of alkyl halides is 3. The average Bonchev–Trinajstić information content (AvgIpc) is 2.27. The van der Waals surface area contributed by atoms with Gasteiger partial charge in [0.25, 0.3) is 0 Å². The van der Waals surface area contributed by atoms with Crippen molar-refractivity contribution in [3.05, 3.63) is 29.8 Å². The molecule has 0 fully saturated rings. The molecular weight excluding hydrogens is 243 g/mol. The Balaban J connectivity index is 2.69. The number of nitrogens with one attached hydrogen (secondary N) is 1. The van der Waals surface area contributed by atoms with Gasteiger partial charge >= 0.3 is 6.18 Å². The molecule has 5 heteroatoms. The normalized spacial score (nSPS) is 13.4. The molecule has 0 aliphatic heterocycles. The first-order valence-electron chi connectivity index (χ1n) is 5.87. The van der Waals surface area contributed by atoms with Crippen molar-refractivity contribution >= 4 is 0 Å². The summed E-state index contributed by atoms with van der Waals surface area (Å²) in [4.78, 5) is 0. The number of likely N-dealkylation sites (N-methyl/N-ethyl adjacent to an activating group) is 1. The zero-order chi connectivity index (χ0) is 13.6. The molecule has 0 aliphatic carbocycles. The lowest BCUT2D eigenvalue weighted by Crippen LogP contribution is -2.35. The van der Waals surface area contributed by atoms with E-state index in [1.807, 2.05) is 6.07 Å². The highest BCUT2D eigenvalue weighted by molar-refractivity contribution is 5.28. The number of benzene rings is 1. The Labute approximate surface area is 105 Å². The monoisotopic (exact) mass is 261 g/mol. The van der Waals surface area contributed by atoms with E-state index in [0.717, 1.165) is 5.56 Å². The second kappa shape index (κ2) is 6.64. The van der Waals surface area contributed by atoms with Gasteiger partial charge in [0.2, 0.25) is 0 Å². The summed E-state index contributed by atoms with van der Waals surface area (Å²) < 4.78 is 42.3. The Morgan fingerprint density at radius 3 is 2.61 bits per heavy atom. The van der Waals surface area contributed by atoms with Gasteiger partial charge in [0.15, 0.2) is 0 Å². The first-order valence-corrected chi connectivity index (χ1v) is 5.87. The van der Waals surface area contributed by atoms with Crippen molar-refractivity contribution in [3.8, 4) is 5.75 Å². The maximum atomic E-state index is 12.4. The van der Waals surface area contributed by atoms with Crippen molar-refractivity contribution in [2.75, 3.05) is 13.7 Å². The third kappa shape index (κ3) is 5.40. The third-order valence-corrected chi connectivity index (χ3v) is 2.59. The smallest absolute Gasteiger partial charge is 0.390 e. The molecule has 1 N–H and O–H groups in total. The minimum absolute atomic E-state index is 0.338. The van der Waals surface area contributed by atoms with Crippen molar-refractivity contribution in [1.29, 1.82) is 0 Å². The van der Waals surface area contributed by atoms with Crippen LogP contribution in [0.3, 0.4) is 0 Å². The fourth-order valence-electron chi connectivity index (χ4n) is 1.87. The predicted octanol–water partition coefficient (Wildman–Crippen LogP) is 3.17. The topological polar surface area (TPSA) is 21.3 Å². The van der Waals surface area contributed by atoms with Crippen LogP contribution in [-0.2, 0) is 6.42 Å². The van der Waals surface area contributed by atoms with E-state index in [1.54, 1.807) is 25.1 Å². The van der Waals surface area contributed by atoms with E-state index in [1.165, 1.54) is 7.11 Å². The average molecular weight is 261 g/mol. The van der Waals surface area contributed by atoms with Crippen LogP contribution in [0.4, 0.5) is 13.2 Å². The van der Waals surface area contributed by atoms with E-state index in [-0.39, 0.29) is 0 Å². The molecule has 1 aromatic rings. The van der Waals surface area contributed by atoms with Crippen LogP contribution in [0.1, 0.15) is 18.9 Å². The van der Waals surface area contributed by atoms with Crippen molar-refractivity contribution in [1.82, 2.24) is 5.32 Å². The Hall–Kier alpha value is -1.23. The summed E-state index contributed by atoms with van der Waals surface area (Å²) >= 11 is 0. The number of hydrogen-bond donors (Lipinski definition) is 1. The van der Waals surface area contributed by atoms with Crippen molar-refractivity contribution < 1.29 is 17.9 Å². The molecule has 2 nitrogen and oxygen atoms in total. The lowest BCUT2D eigenvalue weighted by molar-refractivity contribution is -0.139. The van der Waals surface area contributed by atoms with Crippen LogP contribution in [0.25, 0.3) is 0 Å². The molecule has 1 atom stereocenters. The number of halogens is 3. The Kier molecular flexibility index (Phi) is 5.47. The summed E-state index contributed by atoms with van der Waals surface area (Å²) in [6.45, 7) is 2.32. The number of rotatable bonds is 6. The molecule has 1 unspecified atom stereocenters. The summed E-state index contributed by atoms with van der Waals surface area (Å²) in [7, 11) is 1.54. The van der Waals surface area contributed by atoms with Crippen LogP contribution < -0.4 is 10.1 Å². The van der Waals surface area contributed by atoms with Gasteiger partial charge in [-0.25, -0.2) is 0 Å². The van der Waals surface area contributed by atoms with Crippen LogP contribution in [0, 0.1) is 0 Å². The van der Waals surface area contributed by atoms with Gasteiger partial charge in [-0.15, -0.1) is 0 Å². The first kappa shape index (κ1) is 14.8. The highest BCUT2D eigenvalue weighted by Crippen LogP contribution is 2.24. The molecule has 0 heterocycles. The van der Waals surface area contributed by atoms with Crippen LogP contribution in [-0.4, -0.2) is 25.9 Å². The predicted molar refractivity (Wildman–Crippen MR) is 64.8 cm³/mol. The van der Waals surface area contributed by atoms with E-state index in [0.29, 0.717) is 18.7 Å². The molecule has 0 bridgehead atoms. The van der Waals surface area contributed by atoms with Crippen LogP contribution in [0.5, 0.6) is 5.75 Å². The summed E-state index contributed by atoms with van der Waals surface area (Å²) in [6.07, 6.45) is -4.63. The van der Waals surface area contributed by atoms with Gasteiger partial charge in [-0.05, 0) is 30.7 Å². The van der Waals surface area contributed by atoms with Crippen LogP contribution in [0.2, 0.25) is 0 Å². The minimum atomic E-state index is -4.15. The molecule has 0 saturated heterocycles. The molecule has 102 valence electrons. The Morgan fingerprint density at radius 2 is 2.06 bits per heavy atom. The molecule has 18 heavy (non-hydrogen) atoms. The zero-order valence-corrected chi connectivity index (χ0v) is 10.6. The largest absolute Gasteiger partial charge is 0.497 e. The van der Waals surface area contributed by atoms with E-state index >= 15 is 0 Å². The van der Waals surface area contributed by atoms with Crippen LogP contribution in [0.15, 0.2) is 24.3 Å². The first-order chi connectivity index (χ1) is 8.44. The molecule has 1 rings (SSSR count). The fourth-order valence-corrected chi connectivity index (χ4v) is 1.87. The van der Waals surface area contributed by atoms with Gasteiger partial charge < -0.3 is 10.1 Å². The summed E-state index contributed by atoms with van der Waals surface area (Å²) in [6, 6.07) is 6.53. The van der Waals surface area contributed by atoms with E-state index in [9.17, 15) is 13.2 Å². The zero-order valence-electron chi connectivity index (χ0n) is 10.6. The highest BCUT2D eigenvalue weighted by atomic mass is 19.4. The van der Waals surface area contributed by atoms with Crippen molar-refractivity contribution in [2.45, 2.75) is 32.0 Å². The molecular formula is C13H18F3NO. The molecule has 0 aromatic heterocycles. The van der Waals surface area contributed by atoms with Crippen molar-refractivity contribution in [3.63, 3.8) is 0 Å². The standard InChI is InChI=1S/C13H18F3NO/c1-3-17-11(9-13(14,15)16)7-10-5-4-6-12(8-10)18-2/h4-6,8,11,17H,3,7,9H2,1-2H3. The lowest BCUT2D eigenvalue weighted by atomic mass is 10.0. The maximum absolute atomic E-state index is 12.4. The van der Waals surface area contributed by atoms with Gasteiger partial charge in [-0.2, -0.15) is 13.2 Å². The van der Waals surface area contributed by atoms with Gasteiger partial charge in [0.1, 0.15) is 5.75 Å². The van der Waals surface area contributed by atoms with E-state index in [4.69, 9.17) is 4.74 Å². The fraction of sp³-hybridized carbons (Fsp3) is 0.538. The number of methoxy groups -OCH3 is 1. The third-order valence-electron chi connectivity index (χ3n) is 2.59. The van der Waals surface area contributed by atoms with Gasteiger partial charge in [0, 0.05) is 6.04 Å². The SMILES string of the molecule is CCNC(Cc1cccc(OC)c1)CC(F)(F)F. The van der Waals surface area contributed by atoms with Crippen molar-refractivity contribution in [2.24, 2.45) is 0 Å². The quantitative estimate of drug-likeness (QED) is 0.849. The number of hydrogen-bond acceptors (Lipinski definition) is 2. The Morgan fingerprint density at radius 1 is 1.33 bits per heavy atom. The van der Waals surface area contributed by atoms with Gasteiger partial charge in [-0.1, -0.05) is 19.1 Å². The lowest BCUT2D eigenvalue weighted by Gasteiger charge is -2.19. The number of ether oxygens (including phenoxy) is 1. The summed E-state index contributed by atoms with van der Waals surface area (Å²) in [5.41, 5.74) is 0.838. The highest BCUT2D eigenvalue weighted by Gasteiger charge is 2.31. The maximum Gasteiger partial charge on any atom is 0.390 e. The molecule has 0 amide bonds. The summed E-state index contributed by atoms with van der Waals surface area (Å²) in [5, 5.41) is 2.86. The summed E-state index contributed by atoms with van der Waals surface area (Å²) in [5.74, 6) is 0.662. The van der Waals surface area contributed by atoms with E-state index in [2.05, 4.69) is 5.32 Å². The molecule has 0 aliphatic rings.